The number of pyridine rings is 1. The standard InChI is InChI=1S/C13H10ClNO3/c1-17-12-5-3-2-4-11(12)13(16)18-10-6-9(14)7-15-8-10/h2-8H,1H3. The van der Waals surface area contributed by atoms with Crippen LogP contribution in [-0.4, -0.2) is 18.1 Å². The summed E-state index contributed by atoms with van der Waals surface area (Å²) in [6, 6.07) is 8.33. The fourth-order valence-electron chi connectivity index (χ4n) is 1.42. The van der Waals surface area contributed by atoms with Gasteiger partial charge in [0, 0.05) is 12.3 Å². The third-order valence-electron chi connectivity index (χ3n) is 2.22. The van der Waals surface area contributed by atoms with Crippen molar-refractivity contribution in [2.45, 2.75) is 0 Å². The smallest absolute Gasteiger partial charge is 0.347 e. The van der Waals surface area contributed by atoms with Crippen molar-refractivity contribution < 1.29 is 14.3 Å². The molecule has 2 rings (SSSR count). The summed E-state index contributed by atoms with van der Waals surface area (Å²) in [7, 11) is 1.49. The number of aromatic nitrogens is 1. The molecule has 0 radical (unpaired) electrons. The van der Waals surface area contributed by atoms with Crippen LogP contribution < -0.4 is 9.47 Å². The first kappa shape index (κ1) is 12.4. The van der Waals surface area contributed by atoms with Crippen molar-refractivity contribution in [2.24, 2.45) is 0 Å². The first-order valence-electron chi connectivity index (χ1n) is 5.16. The van der Waals surface area contributed by atoms with Gasteiger partial charge in [-0.05, 0) is 12.1 Å². The second-order valence-corrected chi connectivity index (χ2v) is 3.87. The number of rotatable bonds is 3. The van der Waals surface area contributed by atoms with Crippen molar-refractivity contribution in [3.05, 3.63) is 53.3 Å². The lowest BCUT2D eigenvalue weighted by Gasteiger charge is -2.07. The molecule has 0 aliphatic rings. The molecule has 0 unspecified atom stereocenters. The summed E-state index contributed by atoms with van der Waals surface area (Å²) in [6.07, 6.45) is 2.88. The third-order valence-corrected chi connectivity index (χ3v) is 2.42. The van der Waals surface area contributed by atoms with Gasteiger partial charge in [0.2, 0.25) is 0 Å². The van der Waals surface area contributed by atoms with Crippen molar-refractivity contribution in [3.8, 4) is 11.5 Å². The van der Waals surface area contributed by atoms with E-state index in [0.29, 0.717) is 22.1 Å². The number of ether oxygens (including phenoxy) is 2. The maximum absolute atomic E-state index is 11.9. The second-order valence-electron chi connectivity index (χ2n) is 3.43. The van der Waals surface area contributed by atoms with E-state index in [0.717, 1.165) is 0 Å². The van der Waals surface area contributed by atoms with Gasteiger partial charge in [-0.2, -0.15) is 0 Å². The van der Waals surface area contributed by atoms with Crippen LogP contribution in [0.5, 0.6) is 11.5 Å². The maximum atomic E-state index is 11.9. The predicted molar refractivity (Wildman–Crippen MR) is 67.2 cm³/mol. The molecule has 0 aliphatic carbocycles. The number of hydrogen-bond acceptors (Lipinski definition) is 4. The SMILES string of the molecule is COc1ccccc1C(=O)Oc1cncc(Cl)c1. The Morgan fingerprint density at radius 2 is 2.06 bits per heavy atom. The first-order chi connectivity index (χ1) is 8.70. The van der Waals surface area contributed by atoms with E-state index in [9.17, 15) is 4.79 Å². The number of esters is 1. The molecule has 0 saturated heterocycles. The Kier molecular flexibility index (Phi) is 3.79. The highest BCUT2D eigenvalue weighted by Crippen LogP contribution is 2.21. The molecule has 1 aromatic heterocycles. The molecule has 18 heavy (non-hydrogen) atoms. The highest BCUT2D eigenvalue weighted by molar-refractivity contribution is 6.30. The van der Waals surface area contributed by atoms with Crippen molar-refractivity contribution >= 4 is 17.6 Å². The molecule has 0 fully saturated rings. The van der Waals surface area contributed by atoms with E-state index in [-0.39, 0.29) is 0 Å². The zero-order valence-corrected chi connectivity index (χ0v) is 10.3. The van der Waals surface area contributed by atoms with Crippen LogP contribution in [-0.2, 0) is 0 Å². The Morgan fingerprint density at radius 1 is 1.28 bits per heavy atom. The van der Waals surface area contributed by atoms with Gasteiger partial charge >= 0.3 is 5.97 Å². The monoisotopic (exact) mass is 263 g/mol. The van der Waals surface area contributed by atoms with Gasteiger partial charge in [0.15, 0.2) is 5.75 Å². The number of halogens is 1. The van der Waals surface area contributed by atoms with Gasteiger partial charge in [-0.3, -0.25) is 4.98 Å². The topological polar surface area (TPSA) is 48.4 Å². The van der Waals surface area contributed by atoms with Gasteiger partial charge in [0.25, 0.3) is 0 Å². The van der Waals surface area contributed by atoms with E-state index in [1.807, 2.05) is 0 Å². The zero-order valence-electron chi connectivity index (χ0n) is 9.59. The van der Waals surface area contributed by atoms with Gasteiger partial charge in [-0.25, -0.2) is 4.79 Å². The molecule has 92 valence electrons. The van der Waals surface area contributed by atoms with Crippen LogP contribution in [0, 0.1) is 0 Å². The van der Waals surface area contributed by atoms with Crippen LogP contribution in [0.25, 0.3) is 0 Å². The van der Waals surface area contributed by atoms with E-state index >= 15 is 0 Å². The van der Waals surface area contributed by atoms with E-state index in [1.165, 1.54) is 25.6 Å². The quantitative estimate of drug-likeness (QED) is 0.799. The van der Waals surface area contributed by atoms with Crippen LogP contribution in [0.15, 0.2) is 42.7 Å². The van der Waals surface area contributed by atoms with Gasteiger partial charge < -0.3 is 9.47 Å². The molecule has 0 N–H and O–H groups in total. The van der Waals surface area contributed by atoms with Crippen LogP contribution in [0.4, 0.5) is 0 Å². The third kappa shape index (κ3) is 2.78. The number of hydrogen-bond donors (Lipinski definition) is 0. The molecule has 0 spiro atoms. The molecular weight excluding hydrogens is 254 g/mol. The lowest BCUT2D eigenvalue weighted by molar-refractivity contribution is 0.0730. The molecule has 0 aliphatic heterocycles. The molecule has 2 aromatic rings. The fourth-order valence-corrected chi connectivity index (χ4v) is 1.59. The lowest BCUT2D eigenvalue weighted by Crippen LogP contribution is -2.10. The Bertz CT molecular complexity index is 572. The van der Waals surface area contributed by atoms with Crippen LogP contribution in [0.1, 0.15) is 10.4 Å². The minimum Gasteiger partial charge on any atom is -0.496 e. The molecule has 0 saturated carbocycles. The van der Waals surface area contributed by atoms with E-state index < -0.39 is 5.97 Å². The minimum absolute atomic E-state index is 0.290. The summed E-state index contributed by atoms with van der Waals surface area (Å²) in [5.41, 5.74) is 0.347. The summed E-state index contributed by atoms with van der Waals surface area (Å²) >= 11 is 5.75. The highest BCUT2D eigenvalue weighted by atomic mass is 35.5. The van der Waals surface area contributed by atoms with E-state index in [4.69, 9.17) is 21.1 Å². The van der Waals surface area contributed by atoms with Crippen LogP contribution in [0.2, 0.25) is 5.02 Å². The average molecular weight is 264 g/mol. The first-order valence-corrected chi connectivity index (χ1v) is 5.54. The second kappa shape index (κ2) is 5.51. The normalized spacial score (nSPS) is 9.89. The number of carbonyl (C=O) groups excluding carboxylic acids is 1. The Balaban J connectivity index is 2.22. The molecular formula is C13H10ClNO3. The molecule has 1 heterocycles. The summed E-state index contributed by atoms with van der Waals surface area (Å²) in [6.45, 7) is 0. The van der Waals surface area contributed by atoms with Gasteiger partial charge in [0.05, 0.1) is 18.3 Å². The summed E-state index contributed by atoms with van der Waals surface area (Å²) < 4.78 is 10.2. The number of para-hydroxylation sites is 1. The summed E-state index contributed by atoms with van der Waals surface area (Å²) in [5, 5.41) is 0.403. The molecule has 0 bridgehead atoms. The van der Waals surface area contributed by atoms with E-state index in [1.54, 1.807) is 24.3 Å². The zero-order chi connectivity index (χ0) is 13.0. The molecule has 5 heteroatoms. The molecule has 1 aromatic carbocycles. The number of benzene rings is 1. The Morgan fingerprint density at radius 3 is 2.78 bits per heavy atom. The predicted octanol–water partition coefficient (Wildman–Crippen LogP) is 2.96. The van der Waals surface area contributed by atoms with Crippen molar-refractivity contribution in [1.29, 1.82) is 0 Å². The summed E-state index contributed by atoms with van der Waals surface area (Å²) in [5.74, 6) is 0.229. The number of nitrogens with zero attached hydrogens (tertiary/aromatic N) is 1. The van der Waals surface area contributed by atoms with Crippen molar-refractivity contribution in [2.75, 3.05) is 7.11 Å². The highest BCUT2D eigenvalue weighted by Gasteiger charge is 2.14. The number of carbonyl (C=O) groups is 1. The van der Waals surface area contributed by atoms with E-state index in [2.05, 4.69) is 4.98 Å². The van der Waals surface area contributed by atoms with Crippen molar-refractivity contribution in [3.63, 3.8) is 0 Å². The van der Waals surface area contributed by atoms with Gasteiger partial charge in [-0.15, -0.1) is 0 Å². The van der Waals surface area contributed by atoms with Gasteiger partial charge in [0.1, 0.15) is 11.3 Å². The lowest BCUT2D eigenvalue weighted by atomic mass is 10.2. The molecule has 0 amide bonds. The molecule has 4 nitrogen and oxygen atoms in total. The van der Waals surface area contributed by atoms with Crippen molar-refractivity contribution in [1.82, 2.24) is 4.98 Å². The summed E-state index contributed by atoms with van der Waals surface area (Å²) in [4.78, 5) is 15.8. The molecule has 0 atom stereocenters. The minimum atomic E-state index is -0.517. The maximum Gasteiger partial charge on any atom is 0.347 e. The average Bonchev–Trinajstić information content (AvgIpc) is 2.38. The van der Waals surface area contributed by atoms with Gasteiger partial charge in [-0.1, -0.05) is 23.7 Å². The fraction of sp³-hybridized carbons (Fsp3) is 0.0769. The van der Waals surface area contributed by atoms with Crippen LogP contribution in [0.3, 0.4) is 0 Å². The Labute approximate surface area is 109 Å². The number of methoxy groups -OCH3 is 1. The largest absolute Gasteiger partial charge is 0.496 e. The van der Waals surface area contributed by atoms with Crippen LogP contribution >= 0.6 is 11.6 Å². The Hall–Kier alpha value is -2.07.